The van der Waals surface area contributed by atoms with Gasteiger partial charge in [0.15, 0.2) is 0 Å². The molecule has 1 amide bonds. The number of amides is 1. The number of hydrogen-bond donors (Lipinski definition) is 1. The minimum atomic E-state index is 0.152. The van der Waals surface area contributed by atoms with Crippen LogP contribution in [0.1, 0.15) is 40.7 Å². The Morgan fingerprint density at radius 3 is 2.48 bits per heavy atom. The van der Waals surface area contributed by atoms with Crippen LogP contribution in [-0.2, 0) is 0 Å². The number of aryl methyl sites for hydroxylation is 2. The predicted octanol–water partition coefficient (Wildman–Crippen LogP) is 3.87. The first-order valence-corrected chi connectivity index (χ1v) is 9.70. The van der Waals surface area contributed by atoms with Crippen molar-refractivity contribution in [1.82, 2.24) is 9.88 Å². The minimum absolute atomic E-state index is 0.152. The molecule has 0 radical (unpaired) electrons. The van der Waals surface area contributed by atoms with E-state index in [1.807, 2.05) is 62.1 Å². The molecule has 1 aliphatic rings. The SMILES string of the molecule is Cc1cc(C)cc(C(=O)N2CCC[C@@H](Nc3ccc(N(C)C)nc3)CC2)c1. The number of nitrogens with one attached hydrogen (secondary N) is 1. The zero-order valence-corrected chi connectivity index (χ0v) is 16.8. The lowest BCUT2D eigenvalue weighted by molar-refractivity contribution is 0.0761. The van der Waals surface area contributed by atoms with Gasteiger partial charge in [0.25, 0.3) is 5.91 Å². The number of likely N-dealkylation sites (tertiary alicyclic amines) is 1. The number of hydrogen-bond acceptors (Lipinski definition) is 4. The molecule has 2 aromatic rings. The van der Waals surface area contributed by atoms with Crippen molar-refractivity contribution in [3.05, 3.63) is 53.2 Å². The van der Waals surface area contributed by atoms with Gasteiger partial charge in [-0.05, 0) is 57.4 Å². The summed E-state index contributed by atoms with van der Waals surface area (Å²) in [7, 11) is 3.98. The van der Waals surface area contributed by atoms with Gasteiger partial charge in [0.1, 0.15) is 5.82 Å². The van der Waals surface area contributed by atoms with Gasteiger partial charge in [-0.2, -0.15) is 0 Å². The van der Waals surface area contributed by atoms with Crippen LogP contribution in [0.5, 0.6) is 0 Å². The fourth-order valence-corrected chi connectivity index (χ4v) is 3.70. The highest BCUT2D eigenvalue weighted by atomic mass is 16.2. The van der Waals surface area contributed by atoms with Crippen LogP contribution in [0.15, 0.2) is 36.5 Å². The van der Waals surface area contributed by atoms with E-state index in [0.717, 1.165) is 60.5 Å². The van der Waals surface area contributed by atoms with E-state index in [-0.39, 0.29) is 5.91 Å². The maximum atomic E-state index is 12.9. The summed E-state index contributed by atoms with van der Waals surface area (Å²) in [5.41, 5.74) is 4.13. The molecular weight excluding hydrogens is 336 g/mol. The Bertz CT molecular complexity index is 765. The Labute approximate surface area is 162 Å². The first-order valence-electron chi connectivity index (χ1n) is 9.70. The second-order valence-corrected chi connectivity index (χ2v) is 7.74. The largest absolute Gasteiger partial charge is 0.381 e. The summed E-state index contributed by atoms with van der Waals surface area (Å²) >= 11 is 0. The van der Waals surface area contributed by atoms with Crippen LogP contribution in [0.2, 0.25) is 0 Å². The van der Waals surface area contributed by atoms with Crippen LogP contribution >= 0.6 is 0 Å². The van der Waals surface area contributed by atoms with Crippen molar-refractivity contribution in [2.75, 3.05) is 37.4 Å². The molecule has 1 N–H and O–H groups in total. The van der Waals surface area contributed by atoms with Crippen LogP contribution in [-0.4, -0.2) is 49.0 Å². The molecule has 144 valence electrons. The lowest BCUT2D eigenvalue weighted by Gasteiger charge is -2.22. The normalized spacial score (nSPS) is 17.3. The van der Waals surface area contributed by atoms with Gasteiger partial charge in [0, 0.05) is 38.8 Å². The van der Waals surface area contributed by atoms with Crippen molar-refractivity contribution in [3.63, 3.8) is 0 Å². The van der Waals surface area contributed by atoms with Crippen molar-refractivity contribution in [1.29, 1.82) is 0 Å². The molecule has 0 bridgehead atoms. The summed E-state index contributed by atoms with van der Waals surface area (Å²) in [4.78, 5) is 21.4. The fourth-order valence-electron chi connectivity index (χ4n) is 3.70. The van der Waals surface area contributed by atoms with Gasteiger partial charge >= 0.3 is 0 Å². The minimum Gasteiger partial charge on any atom is -0.381 e. The quantitative estimate of drug-likeness (QED) is 0.892. The maximum absolute atomic E-state index is 12.9. The fraction of sp³-hybridized carbons (Fsp3) is 0.455. The summed E-state index contributed by atoms with van der Waals surface area (Å²) in [5, 5.41) is 3.59. The molecule has 1 aromatic carbocycles. The third kappa shape index (κ3) is 5.00. The molecule has 1 aromatic heterocycles. The number of carbonyl (C=O) groups excluding carboxylic acids is 1. The number of aromatic nitrogens is 1. The van der Waals surface area contributed by atoms with E-state index in [1.165, 1.54) is 0 Å². The van der Waals surface area contributed by atoms with E-state index in [2.05, 4.69) is 22.4 Å². The number of rotatable bonds is 4. The van der Waals surface area contributed by atoms with E-state index in [4.69, 9.17) is 0 Å². The van der Waals surface area contributed by atoms with Gasteiger partial charge in [-0.3, -0.25) is 4.79 Å². The highest BCUT2D eigenvalue weighted by molar-refractivity contribution is 5.94. The molecule has 0 aliphatic carbocycles. The number of nitrogens with zero attached hydrogens (tertiary/aromatic N) is 3. The van der Waals surface area contributed by atoms with E-state index >= 15 is 0 Å². The van der Waals surface area contributed by atoms with E-state index < -0.39 is 0 Å². The van der Waals surface area contributed by atoms with Crippen LogP contribution in [0.3, 0.4) is 0 Å². The molecule has 1 aliphatic heterocycles. The van der Waals surface area contributed by atoms with Crippen molar-refractivity contribution in [2.24, 2.45) is 0 Å². The van der Waals surface area contributed by atoms with Gasteiger partial charge in [-0.1, -0.05) is 17.2 Å². The van der Waals surface area contributed by atoms with Gasteiger partial charge in [0.2, 0.25) is 0 Å². The van der Waals surface area contributed by atoms with Crippen molar-refractivity contribution in [3.8, 4) is 0 Å². The molecule has 5 heteroatoms. The third-order valence-electron chi connectivity index (χ3n) is 5.06. The molecule has 1 saturated heterocycles. The number of pyridine rings is 1. The molecule has 2 heterocycles. The zero-order chi connectivity index (χ0) is 19.4. The molecule has 27 heavy (non-hydrogen) atoms. The Morgan fingerprint density at radius 2 is 1.85 bits per heavy atom. The van der Waals surface area contributed by atoms with E-state index in [1.54, 1.807) is 0 Å². The first kappa shape index (κ1) is 19.2. The van der Waals surface area contributed by atoms with Gasteiger partial charge in [-0.25, -0.2) is 4.98 Å². The maximum Gasteiger partial charge on any atom is 0.253 e. The Hall–Kier alpha value is -2.56. The van der Waals surface area contributed by atoms with Gasteiger partial charge < -0.3 is 15.1 Å². The van der Waals surface area contributed by atoms with Crippen LogP contribution in [0.4, 0.5) is 11.5 Å². The smallest absolute Gasteiger partial charge is 0.253 e. The summed E-state index contributed by atoms with van der Waals surface area (Å²) in [5.74, 6) is 1.10. The summed E-state index contributed by atoms with van der Waals surface area (Å²) in [6.07, 6.45) is 4.91. The Balaban J connectivity index is 1.60. The molecular formula is C22H30N4O. The lowest BCUT2D eigenvalue weighted by atomic mass is 10.1. The second kappa shape index (κ2) is 8.42. The zero-order valence-electron chi connectivity index (χ0n) is 16.8. The lowest BCUT2D eigenvalue weighted by Crippen LogP contribution is -2.32. The standard InChI is InChI=1S/C22H30N4O/c1-16-12-17(2)14-18(13-16)22(27)26-10-5-6-19(9-11-26)24-20-7-8-21(23-15-20)25(3)4/h7-8,12-15,19,24H,5-6,9-11H2,1-4H3/t19-/m1/s1. The molecule has 5 nitrogen and oxygen atoms in total. The molecule has 0 saturated carbocycles. The van der Waals surface area contributed by atoms with Gasteiger partial charge in [-0.15, -0.1) is 0 Å². The Kier molecular flexibility index (Phi) is 5.99. The predicted molar refractivity (Wildman–Crippen MR) is 112 cm³/mol. The third-order valence-corrected chi connectivity index (χ3v) is 5.06. The molecule has 0 spiro atoms. The van der Waals surface area contributed by atoms with Gasteiger partial charge in [0.05, 0.1) is 11.9 Å². The molecule has 1 atom stereocenters. The molecule has 0 unspecified atom stereocenters. The second-order valence-electron chi connectivity index (χ2n) is 7.74. The average molecular weight is 367 g/mol. The van der Waals surface area contributed by atoms with E-state index in [9.17, 15) is 4.79 Å². The highest BCUT2D eigenvalue weighted by Crippen LogP contribution is 2.20. The number of anilines is 2. The topological polar surface area (TPSA) is 48.5 Å². The summed E-state index contributed by atoms with van der Waals surface area (Å²) in [6, 6.07) is 10.6. The molecule has 3 rings (SSSR count). The summed E-state index contributed by atoms with van der Waals surface area (Å²) < 4.78 is 0. The monoisotopic (exact) mass is 366 g/mol. The Morgan fingerprint density at radius 1 is 1.11 bits per heavy atom. The van der Waals surface area contributed by atoms with Crippen LogP contribution in [0.25, 0.3) is 0 Å². The average Bonchev–Trinajstić information content (AvgIpc) is 2.86. The molecule has 1 fully saturated rings. The summed E-state index contributed by atoms with van der Waals surface area (Å²) in [6.45, 7) is 5.69. The van der Waals surface area contributed by atoms with Crippen LogP contribution in [0, 0.1) is 13.8 Å². The van der Waals surface area contributed by atoms with E-state index in [0.29, 0.717) is 6.04 Å². The number of benzene rings is 1. The number of carbonyl (C=O) groups is 1. The van der Waals surface area contributed by atoms with Crippen molar-refractivity contribution in [2.45, 2.75) is 39.2 Å². The van der Waals surface area contributed by atoms with Crippen molar-refractivity contribution >= 4 is 17.4 Å². The van der Waals surface area contributed by atoms with Crippen LogP contribution < -0.4 is 10.2 Å². The first-order chi connectivity index (χ1) is 12.9. The van der Waals surface area contributed by atoms with Crippen molar-refractivity contribution < 1.29 is 4.79 Å². The highest BCUT2D eigenvalue weighted by Gasteiger charge is 2.22.